The standard InChI is InChI=1S/C8H8N2O4/c1-14-9-5-6-2-3-7(10(12)13)8(11)4-6/h2-5,11H,1H3/b9-5+. The fourth-order valence-corrected chi connectivity index (χ4v) is 0.889. The molecule has 0 spiro atoms. The Balaban J connectivity index is 3.00. The molecule has 1 aromatic rings. The second kappa shape index (κ2) is 4.22. The fraction of sp³-hybridized carbons (Fsp3) is 0.125. The van der Waals surface area contributed by atoms with E-state index in [-0.39, 0.29) is 5.69 Å². The lowest BCUT2D eigenvalue weighted by Gasteiger charge is -1.96. The largest absolute Gasteiger partial charge is 0.502 e. The molecule has 0 unspecified atom stereocenters. The molecule has 0 amide bonds. The SMILES string of the molecule is CO/N=C/c1ccc([N+](=O)[O-])c(O)c1. The predicted molar refractivity (Wildman–Crippen MR) is 49.4 cm³/mol. The molecule has 74 valence electrons. The van der Waals surface area contributed by atoms with E-state index in [0.29, 0.717) is 5.56 Å². The first-order chi connectivity index (χ1) is 6.65. The Morgan fingerprint density at radius 3 is 2.86 bits per heavy atom. The molecule has 14 heavy (non-hydrogen) atoms. The van der Waals surface area contributed by atoms with Crippen molar-refractivity contribution in [2.24, 2.45) is 5.16 Å². The number of nitrogens with zero attached hydrogens (tertiary/aromatic N) is 2. The Labute approximate surface area is 79.6 Å². The molecule has 0 aliphatic carbocycles. The van der Waals surface area contributed by atoms with Crippen LogP contribution in [-0.4, -0.2) is 23.4 Å². The summed E-state index contributed by atoms with van der Waals surface area (Å²) in [5.41, 5.74) is 0.189. The maximum absolute atomic E-state index is 10.3. The van der Waals surface area contributed by atoms with Gasteiger partial charge in [-0.3, -0.25) is 10.1 Å². The van der Waals surface area contributed by atoms with Gasteiger partial charge in [0.1, 0.15) is 7.11 Å². The number of hydrogen-bond acceptors (Lipinski definition) is 5. The Morgan fingerprint density at radius 1 is 1.64 bits per heavy atom. The molecule has 0 aliphatic rings. The van der Waals surface area contributed by atoms with E-state index in [2.05, 4.69) is 9.99 Å². The molecule has 0 radical (unpaired) electrons. The van der Waals surface area contributed by atoms with Gasteiger partial charge < -0.3 is 9.94 Å². The summed E-state index contributed by atoms with van der Waals surface area (Å²) in [6.07, 6.45) is 1.34. The Kier molecular flexibility index (Phi) is 3.01. The van der Waals surface area contributed by atoms with E-state index in [9.17, 15) is 15.2 Å². The third kappa shape index (κ3) is 2.19. The third-order valence-electron chi connectivity index (χ3n) is 1.50. The highest BCUT2D eigenvalue weighted by Crippen LogP contribution is 2.25. The molecule has 6 nitrogen and oxygen atoms in total. The van der Waals surface area contributed by atoms with Crippen molar-refractivity contribution < 1.29 is 14.9 Å². The molecule has 0 saturated heterocycles. The van der Waals surface area contributed by atoms with E-state index in [1.165, 1.54) is 31.5 Å². The van der Waals surface area contributed by atoms with Crippen LogP contribution in [0.5, 0.6) is 5.75 Å². The molecule has 0 aliphatic heterocycles. The van der Waals surface area contributed by atoms with Crippen molar-refractivity contribution in [3.05, 3.63) is 33.9 Å². The van der Waals surface area contributed by atoms with Gasteiger partial charge in [-0.25, -0.2) is 0 Å². The topological polar surface area (TPSA) is 85.0 Å². The average molecular weight is 196 g/mol. The van der Waals surface area contributed by atoms with Gasteiger partial charge in [0.2, 0.25) is 0 Å². The highest BCUT2D eigenvalue weighted by atomic mass is 16.6. The van der Waals surface area contributed by atoms with E-state index < -0.39 is 10.7 Å². The Bertz CT molecular complexity index is 376. The summed E-state index contributed by atoms with van der Waals surface area (Å²) >= 11 is 0. The predicted octanol–water partition coefficient (Wildman–Crippen LogP) is 1.28. The first kappa shape index (κ1) is 9.97. The fourth-order valence-electron chi connectivity index (χ4n) is 0.889. The van der Waals surface area contributed by atoms with Crippen LogP contribution < -0.4 is 0 Å². The number of nitro groups is 1. The van der Waals surface area contributed by atoms with E-state index in [0.717, 1.165) is 0 Å². The number of rotatable bonds is 3. The second-order valence-corrected chi connectivity index (χ2v) is 2.42. The summed E-state index contributed by atoms with van der Waals surface area (Å²) in [4.78, 5) is 14.1. The molecular formula is C8H8N2O4. The quantitative estimate of drug-likeness (QED) is 0.448. The molecule has 6 heteroatoms. The first-order valence-corrected chi connectivity index (χ1v) is 3.69. The van der Waals surface area contributed by atoms with Crippen LogP contribution in [-0.2, 0) is 4.84 Å². The third-order valence-corrected chi connectivity index (χ3v) is 1.50. The summed E-state index contributed by atoms with van der Waals surface area (Å²) in [6.45, 7) is 0. The lowest BCUT2D eigenvalue weighted by molar-refractivity contribution is -0.385. The summed E-state index contributed by atoms with van der Waals surface area (Å²) in [6, 6.07) is 3.90. The first-order valence-electron chi connectivity index (χ1n) is 3.69. The van der Waals surface area contributed by atoms with Crippen LogP contribution in [0.15, 0.2) is 23.4 Å². The van der Waals surface area contributed by atoms with Crippen LogP contribution in [0, 0.1) is 10.1 Å². The number of phenols is 1. The minimum absolute atomic E-state index is 0.334. The summed E-state index contributed by atoms with van der Waals surface area (Å²) in [5.74, 6) is -0.393. The zero-order chi connectivity index (χ0) is 10.6. The van der Waals surface area contributed by atoms with Crippen molar-refractivity contribution in [2.75, 3.05) is 7.11 Å². The highest BCUT2D eigenvalue weighted by molar-refractivity contribution is 5.80. The highest BCUT2D eigenvalue weighted by Gasteiger charge is 2.11. The number of nitro benzene ring substituents is 1. The molecule has 0 bridgehead atoms. The zero-order valence-corrected chi connectivity index (χ0v) is 7.38. The molecule has 0 fully saturated rings. The van der Waals surface area contributed by atoms with Crippen LogP contribution in [0.25, 0.3) is 0 Å². The number of benzene rings is 1. The number of oxime groups is 1. The summed E-state index contributed by atoms with van der Waals surface area (Å²) in [5, 5.41) is 23.0. The van der Waals surface area contributed by atoms with Gasteiger partial charge in [-0.2, -0.15) is 0 Å². The average Bonchev–Trinajstić information content (AvgIpc) is 2.14. The smallest absolute Gasteiger partial charge is 0.310 e. The molecule has 0 saturated carbocycles. The Hall–Kier alpha value is -2.11. The zero-order valence-electron chi connectivity index (χ0n) is 7.38. The molecule has 1 rings (SSSR count). The van der Waals surface area contributed by atoms with E-state index in [1.807, 2.05) is 0 Å². The van der Waals surface area contributed by atoms with Crippen LogP contribution in [0.4, 0.5) is 5.69 Å². The molecule has 0 heterocycles. The minimum atomic E-state index is -0.660. The van der Waals surface area contributed by atoms with Gasteiger partial charge in [-0.05, 0) is 12.1 Å². The summed E-state index contributed by atoms with van der Waals surface area (Å²) in [7, 11) is 1.38. The van der Waals surface area contributed by atoms with Gasteiger partial charge in [-0.15, -0.1) is 0 Å². The Morgan fingerprint density at radius 2 is 2.36 bits per heavy atom. The van der Waals surface area contributed by atoms with Crippen molar-refractivity contribution in [2.45, 2.75) is 0 Å². The van der Waals surface area contributed by atoms with Gasteiger partial charge in [0, 0.05) is 11.6 Å². The molecule has 0 aromatic heterocycles. The number of hydrogen-bond donors (Lipinski definition) is 1. The lowest BCUT2D eigenvalue weighted by atomic mass is 10.2. The molecule has 0 atom stereocenters. The van der Waals surface area contributed by atoms with Crippen molar-refractivity contribution in [3.63, 3.8) is 0 Å². The van der Waals surface area contributed by atoms with Gasteiger partial charge in [0.05, 0.1) is 11.1 Å². The van der Waals surface area contributed by atoms with Gasteiger partial charge >= 0.3 is 5.69 Å². The van der Waals surface area contributed by atoms with Gasteiger partial charge in [-0.1, -0.05) is 5.16 Å². The van der Waals surface area contributed by atoms with Crippen molar-refractivity contribution >= 4 is 11.9 Å². The maximum Gasteiger partial charge on any atom is 0.310 e. The normalized spacial score (nSPS) is 10.4. The second-order valence-electron chi connectivity index (χ2n) is 2.42. The van der Waals surface area contributed by atoms with Crippen molar-refractivity contribution in [3.8, 4) is 5.75 Å². The molecular weight excluding hydrogens is 188 g/mol. The van der Waals surface area contributed by atoms with Gasteiger partial charge in [0.25, 0.3) is 0 Å². The molecule has 1 N–H and O–H groups in total. The van der Waals surface area contributed by atoms with E-state index >= 15 is 0 Å². The van der Waals surface area contributed by atoms with Crippen LogP contribution in [0.1, 0.15) is 5.56 Å². The molecule has 1 aromatic carbocycles. The van der Waals surface area contributed by atoms with Crippen LogP contribution >= 0.6 is 0 Å². The number of aromatic hydroxyl groups is 1. The lowest BCUT2D eigenvalue weighted by Crippen LogP contribution is -1.90. The van der Waals surface area contributed by atoms with Crippen molar-refractivity contribution in [1.82, 2.24) is 0 Å². The van der Waals surface area contributed by atoms with E-state index in [1.54, 1.807) is 0 Å². The van der Waals surface area contributed by atoms with Crippen molar-refractivity contribution in [1.29, 1.82) is 0 Å². The van der Waals surface area contributed by atoms with Crippen LogP contribution in [0.3, 0.4) is 0 Å². The minimum Gasteiger partial charge on any atom is -0.502 e. The maximum atomic E-state index is 10.3. The van der Waals surface area contributed by atoms with Gasteiger partial charge in [0.15, 0.2) is 5.75 Å². The summed E-state index contributed by atoms with van der Waals surface area (Å²) < 4.78 is 0. The van der Waals surface area contributed by atoms with Crippen LogP contribution in [0.2, 0.25) is 0 Å². The van der Waals surface area contributed by atoms with E-state index in [4.69, 9.17) is 0 Å². The monoisotopic (exact) mass is 196 g/mol. The number of phenolic OH excluding ortho intramolecular Hbond substituents is 1.